The SMILES string of the molecule is Cc1cc(C)cc(CNC(CN(C)C)C(C)C)c1. The molecule has 1 N–H and O–H groups in total. The van der Waals surface area contributed by atoms with Crippen molar-refractivity contribution in [3.05, 3.63) is 34.9 Å². The summed E-state index contributed by atoms with van der Waals surface area (Å²) in [6, 6.07) is 7.31. The fraction of sp³-hybridized carbons (Fsp3) is 0.625. The van der Waals surface area contributed by atoms with E-state index in [0.717, 1.165) is 13.1 Å². The largest absolute Gasteiger partial charge is 0.308 e. The molecule has 1 atom stereocenters. The molecular weight excluding hydrogens is 220 g/mol. The standard InChI is InChI=1S/C16H28N2/c1-12(2)16(11-18(5)6)17-10-15-8-13(3)7-14(4)9-15/h7-9,12,16-17H,10-11H2,1-6H3. The van der Waals surface area contributed by atoms with E-state index in [0.29, 0.717) is 12.0 Å². The highest BCUT2D eigenvalue weighted by Gasteiger charge is 2.13. The minimum absolute atomic E-state index is 0.542. The third-order valence-electron chi connectivity index (χ3n) is 3.22. The average molecular weight is 248 g/mol. The Labute approximate surface area is 112 Å². The first-order chi connectivity index (χ1) is 8.38. The Bertz CT molecular complexity index is 349. The number of rotatable bonds is 6. The second-order valence-corrected chi connectivity index (χ2v) is 5.99. The predicted octanol–water partition coefficient (Wildman–Crippen LogP) is 2.98. The highest BCUT2D eigenvalue weighted by atomic mass is 15.1. The van der Waals surface area contributed by atoms with Crippen LogP contribution in [0.2, 0.25) is 0 Å². The molecule has 0 saturated heterocycles. The van der Waals surface area contributed by atoms with Crippen molar-refractivity contribution >= 4 is 0 Å². The lowest BCUT2D eigenvalue weighted by molar-refractivity contribution is 0.288. The molecule has 1 aromatic rings. The van der Waals surface area contributed by atoms with Crippen molar-refractivity contribution < 1.29 is 0 Å². The van der Waals surface area contributed by atoms with E-state index >= 15 is 0 Å². The van der Waals surface area contributed by atoms with Crippen LogP contribution in [0.5, 0.6) is 0 Å². The van der Waals surface area contributed by atoms with Gasteiger partial charge in [-0.25, -0.2) is 0 Å². The molecule has 0 heterocycles. The number of hydrogen-bond acceptors (Lipinski definition) is 2. The van der Waals surface area contributed by atoms with Gasteiger partial charge in [0.15, 0.2) is 0 Å². The number of nitrogens with zero attached hydrogens (tertiary/aromatic N) is 1. The van der Waals surface area contributed by atoms with E-state index in [2.05, 4.69) is 70.2 Å². The second kappa shape index (κ2) is 6.91. The average Bonchev–Trinajstić information content (AvgIpc) is 2.21. The minimum Gasteiger partial charge on any atom is -0.308 e. The van der Waals surface area contributed by atoms with Crippen LogP contribution < -0.4 is 5.32 Å². The van der Waals surface area contributed by atoms with Gasteiger partial charge in [-0.3, -0.25) is 0 Å². The summed E-state index contributed by atoms with van der Waals surface area (Å²) in [7, 11) is 4.27. The Morgan fingerprint density at radius 1 is 1.06 bits per heavy atom. The minimum atomic E-state index is 0.542. The fourth-order valence-electron chi connectivity index (χ4n) is 2.32. The summed E-state index contributed by atoms with van der Waals surface area (Å²) < 4.78 is 0. The smallest absolute Gasteiger partial charge is 0.0220 e. The van der Waals surface area contributed by atoms with Crippen LogP contribution in [-0.4, -0.2) is 31.6 Å². The third kappa shape index (κ3) is 5.19. The van der Waals surface area contributed by atoms with Crippen LogP contribution in [0.4, 0.5) is 0 Å². The van der Waals surface area contributed by atoms with E-state index in [1.54, 1.807) is 0 Å². The molecule has 2 heteroatoms. The predicted molar refractivity (Wildman–Crippen MR) is 79.9 cm³/mol. The molecule has 0 bridgehead atoms. The van der Waals surface area contributed by atoms with Crippen molar-refractivity contribution in [1.82, 2.24) is 10.2 Å². The normalized spacial score (nSPS) is 13.3. The lowest BCUT2D eigenvalue weighted by Gasteiger charge is -2.26. The summed E-state index contributed by atoms with van der Waals surface area (Å²) in [5, 5.41) is 3.68. The van der Waals surface area contributed by atoms with E-state index in [-0.39, 0.29) is 0 Å². The Morgan fingerprint density at radius 2 is 1.61 bits per heavy atom. The zero-order valence-corrected chi connectivity index (χ0v) is 12.7. The van der Waals surface area contributed by atoms with Gasteiger partial charge in [0, 0.05) is 19.1 Å². The summed E-state index contributed by atoms with van der Waals surface area (Å²) in [4.78, 5) is 2.25. The molecule has 0 saturated carbocycles. The van der Waals surface area contributed by atoms with Crippen molar-refractivity contribution in [2.45, 2.75) is 40.3 Å². The number of benzene rings is 1. The van der Waals surface area contributed by atoms with Crippen molar-refractivity contribution in [2.24, 2.45) is 5.92 Å². The highest BCUT2D eigenvalue weighted by molar-refractivity contribution is 5.28. The maximum Gasteiger partial charge on any atom is 0.0220 e. The van der Waals surface area contributed by atoms with E-state index in [1.165, 1.54) is 16.7 Å². The maximum absolute atomic E-state index is 3.68. The van der Waals surface area contributed by atoms with Crippen LogP contribution in [0.25, 0.3) is 0 Å². The van der Waals surface area contributed by atoms with Gasteiger partial charge in [-0.15, -0.1) is 0 Å². The summed E-state index contributed by atoms with van der Waals surface area (Å²) in [6.45, 7) is 10.9. The van der Waals surface area contributed by atoms with Crippen LogP contribution in [0, 0.1) is 19.8 Å². The fourth-order valence-corrected chi connectivity index (χ4v) is 2.32. The Hall–Kier alpha value is -0.860. The first kappa shape index (κ1) is 15.2. The molecule has 0 spiro atoms. The van der Waals surface area contributed by atoms with Crippen molar-refractivity contribution in [3.63, 3.8) is 0 Å². The van der Waals surface area contributed by atoms with E-state index < -0.39 is 0 Å². The molecule has 2 nitrogen and oxygen atoms in total. The number of hydrogen-bond donors (Lipinski definition) is 1. The van der Waals surface area contributed by atoms with Gasteiger partial charge in [-0.1, -0.05) is 43.2 Å². The van der Waals surface area contributed by atoms with Gasteiger partial charge in [-0.2, -0.15) is 0 Å². The zero-order chi connectivity index (χ0) is 13.7. The Morgan fingerprint density at radius 3 is 2.06 bits per heavy atom. The monoisotopic (exact) mass is 248 g/mol. The molecule has 0 aliphatic rings. The van der Waals surface area contributed by atoms with Gasteiger partial charge in [0.1, 0.15) is 0 Å². The number of nitrogens with one attached hydrogen (secondary N) is 1. The summed E-state index contributed by atoms with van der Waals surface area (Å²) >= 11 is 0. The molecule has 0 aliphatic heterocycles. The van der Waals surface area contributed by atoms with E-state index in [4.69, 9.17) is 0 Å². The molecule has 1 unspecified atom stereocenters. The Balaban J connectivity index is 2.61. The lowest BCUT2D eigenvalue weighted by atomic mass is 10.0. The van der Waals surface area contributed by atoms with Gasteiger partial charge in [0.2, 0.25) is 0 Å². The molecule has 0 aliphatic carbocycles. The van der Waals surface area contributed by atoms with Crippen molar-refractivity contribution in [3.8, 4) is 0 Å². The number of likely N-dealkylation sites (N-methyl/N-ethyl adjacent to an activating group) is 1. The van der Waals surface area contributed by atoms with Gasteiger partial charge in [0.05, 0.1) is 0 Å². The van der Waals surface area contributed by atoms with E-state index in [9.17, 15) is 0 Å². The molecule has 0 amide bonds. The third-order valence-corrected chi connectivity index (χ3v) is 3.22. The highest BCUT2D eigenvalue weighted by Crippen LogP contribution is 2.10. The molecule has 0 radical (unpaired) electrons. The van der Waals surface area contributed by atoms with Crippen LogP contribution in [0.15, 0.2) is 18.2 Å². The van der Waals surface area contributed by atoms with Crippen LogP contribution in [-0.2, 0) is 6.54 Å². The van der Waals surface area contributed by atoms with Gasteiger partial charge in [0.25, 0.3) is 0 Å². The van der Waals surface area contributed by atoms with Crippen LogP contribution >= 0.6 is 0 Å². The molecule has 0 fully saturated rings. The molecule has 102 valence electrons. The lowest BCUT2D eigenvalue weighted by Crippen LogP contribution is -2.41. The van der Waals surface area contributed by atoms with Gasteiger partial charge >= 0.3 is 0 Å². The molecule has 1 aromatic carbocycles. The first-order valence-corrected chi connectivity index (χ1v) is 6.83. The van der Waals surface area contributed by atoms with Crippen LogP contribution in [0.3, 0.4) is 0 Å². The summed E-state index contributed by atoms with van der Waals surface area (Å²) in [5.74, 6) is 0.651. The zero-order valence-electron chi connectivity index (χ0n) is 12.7. The summed E-state index contributed by atoms with van der Waals surface area (Å²) in [6.07, 6.45) is 0. The van der Waals surface area contributed by atoms with Crippen molar-refractivity contribution in [1.29, 1.82) is 0 Å². The van der Waals surface area contributed by atoms with E-state index in [1.807, 2.05) is 0 Å². The molecule has 0 aromatic heterocycles. The molecule has 18 heavy (non-hydrogen) atoms. The second-order valence-electron chi connectivity index (χ2n) is 5.99. The molecule has 1 rings (SSSR count). The van der Waals surface area contributed by atoms with Crippen LogP contribution in [0.1, 0.15) is 30.5 Å². The van der Waals surface area contributed by atoms with Gasteiger partial charge in [-0.05, 0) is 39.4 Å². The number of aryl methyl sites for hydroxylation is 2. The molecular formula is C16H28N2. The quantitative estimate of drug-likeness (QED) is 0.832. The van der Waals surface area contributed by atoms with Gasteiger partial charge < -0.3 is 10.2 Å². The first-order valence-electron chi connectivity index (χ1n) is 6.83. The van der Waals surface area contributed by atoms with Crippen molar-refractivity contribution in [2.75, 3.05) is 20.6 Å². The maximum atomic E-state index is 3.68. The topological polar surface area (TPSA) is 15.3 Å². The summed E-state index contributed by atoms with van der Waals surface area (Å²) in [5.41, 5.74) is 4.08. The Kier molecular flexibility index (Phi) is 5.83.